The van der Waals surface area contributed by atoms with Crippen molar-refractivity contribution in [1.82, 2.24) is 0 Å². The van der Waals surface area contributed by atoms with Gasteiger partial charge in [0.2, 0.25) is 0 Å². The minimum Gasteiger partial charge on any atom is -0.497 e. The summed E-state index contributed by atoms with van der Waals surface area (Å²) < 4.78 is 196. The largest absolute Gasteiger partial charge is 0.497 e. The monoisotopic (exact) mass is 1840 g/mol. The minimum atomic E-state index is -0.529. The smallest absolute Gasteiger partial charge is 0.171 e. The molecule has 4 atom stereocenters. The Morgan fingerprint density at radius 1 is 0.252 bits per heavy atom. The molecule has 2 aromatic heterocycles. The molecule has 127 heavy (non-hydrogen) atoms. The van der Waals surface area contributed by atoms with Gasteiger partial charge >= 0.3 is 0 Å². The molecule has 8 rings (SSSR count). The highest BCUT2D eigenvalue weighted by atomic mass is 32.1. The standard InChI is InChI=1S/C89H132O36S2/c1-6-16-95-20-21-97-36-47-123-88-66-127-67-89(88)124-48-37-100-26-27-104-62-85(122-54-55-125-87-65-126-64-86(87)108-19-15-92)71(8-3)110-40-29-102-33-45-115-78-60-82-83(120-53-52-119-82)61-79(78)116-49-38-105-63-84(121-46-35-103-34-44-114-77-59-81-80(117-50-51-118-81)58-76(77)107-18-14-91)70(7-2)109-39-28-101-32-43-113-75-57-69(94-5)10-12-73(75)111-41-30-98-24-22-96-23-25-99-31-42-112-74-56-68(93-4)9-11-72(74)106-17-13-90/h9-12,56-61,64-67,70-71,84-85,90-92H,6-8,13-55,62-63H2,1-5H3. The third-order valence-corrected chi connectivity index (χ3v) is 19.4. The Morgan fingerprint density at radius 2 is 0.480 bits per heavy atom. The van der Waals surface area contributed by atoms with E-state index in [0.29, 0.717) is 235 Å². The molecule has 0 saturated carbocycles. The van der Waals surface area contributed by atoms with Crippen LogP contribution in [0.25, 0.3) is 0 Å². The number of aliphatic hydroxyl groups is 3. The summed E-state index contributed by atoms with van der Waals surface area (Å²) in [5.41, 5.74) is 0. The lowest BCUT2D eigenvalue weighted by Crippen LogP contribution is -2.37. The second-order valence-corrected chi connectivity index (χ2v) is 28.7. The molecule has 4 heterocycles. The number of hydrogen-bond donors (Lipinski definition) is 3. The van der Waals surface area contributed by atoms with E-state index in [1.165, 1.54) is 22.7 Å². The first-order valence-corrected chi connectivity index (χ1v) is 45.2. The van der Waals surface area contributed by atoms with Crippen LogP contribution in [0.2, 0.25) is 0 Å². The van der Waals surface area contributed by atoms with Crippen LogP contribution < -0.4 is 85.3 Å². The molecule has 0 fully saturated rings. The summed E-state index contributed by atoms with van der Waals surface area (Å²) in [6.45, 7) is 18.1. The summed E-state index contributed by atoms with van der Waals surface area (Å²) in [6, 6.07) is 17.4. The van der Waals surface area contributed by atoms with E-state index in [-0.39, 0.29) is 178 Å². The van der Waals surface area contributed by atoms with E-state index in [9.17, 15) is 10.2 Å². The molecule has 0 bridgehead atoms. The second kappa shape index (κ2) is 67.2. The molecule has 0 spiro atoms. The Balaban J connectivity index is 0.749. The van der Waals surface area contributed by atoms with Crippen molar-refractivity contribution in [2.75, 3.05) is 312 Å². The molecule has 3 N–H and O–H groups in total. The SMILES string of the molecule is CCCOCCOCCOc1cscc1OCCOCCOCC(OCCOc1cscc1OCCO)C(CC)OCCOCCOc1cc2c(cc1OCCOCC(OCCOCCOc1cc3c(cc1OCCO)OCCO3)C(CC)OCCOCCOc1cc(OC)ccc1OCCOCCOCCOCCOc1cc(OC)ccc1OCCO)OCCO2. The van der Waals surface area contributed by atoms with Crippen molar-refractivity contribution in [3.8, 4) is 103 Å². The summed E-state index contributed by atoms with van der Waals surface area (Å²) in [5, 5.41) is 35.4. The van der Waals surface area contributed by atoms with Crippen molar-refractivity contribution in [3.63, 3.8) is 0 Å². The van der Waals surface area contributed by atoms with Gasteiger partial charge in [0.05, 0.1) is 211 Å². The number of ether oxygens (including phenoxy) is 33. The maximum Gasteiger partial charge on any atom is 0.171 e. The molecule has 36 nitrogen and oxygen atoms in total. The molecular formula is C89H132O36S2. The lowest BCUT2D eigenvalue weighted by atomic mass is 10.1. The molecule has 2 aliphatic rings. The highest BCUT2D eigenvalue weighted by Crippen LogP contribution is 2.43. The first kappa shape index (κ1) is 104. The number of methoxy groups -OCH3 is 2. The van der Waals surface area contributed by atoms with Crippen LogP contribution in [0.1, 0.15) is 40.0 Å². The Labute approximate surface area is 752 Å². The molecule has 2 aliphatic heterocycles. The Kier molecular flexibility index (Phi) is 55.2. The third-order valence-electron chi connectivity index (χ3n) is 18.0. The van der Waals surface area contributed by atoms with E-state index < -0.39 is 18.3 Å². The summed E-state index contributed by atoms with van der Waals surface area (Å²) in [4.78, 5) is 0. The Hall–Kier alpha value is -8.04. The van der Waals surface area contributed by atoms with Gasteiger partial charge in [-0.25, -0.2) is 0 Å². The van der Waals surface area contributed by atoms with Gasteiger partial charge in [-0.2, -0.15) is 0 Å². The summed E-state index contributed by atoms with van der Waals surface area (Å²) in [5.74, 6) is 9.45. The Morgan fingerprint density at radius 3 is 0.787 bits per heavy atom. The van der Waals surface area contributed by atoms with Gasteiger partial charge in [0, 0.05) is 64.5 Å². The molecule has 0 saturated heterocycles. The minimum absolute atomic E-state index is 0.0712. The van der Waals surface area contributed by atoms with Gasteiger partial charge in [-0.3, -0.25) is 0 Å². The van der Waals surface area contributed by atoms with Gasteiger partial charge < -0.3 is 172 Å². The van der Waals surface area contributed by atoms with Crippen LogP contribution >= 0.6 is 22.7 Å². The van der Waals surface area contributed by atoms with Gasteiger partial charge in [-0.05, 0) is 43.5 Å². The number of thiophene rings is 2. The van der Waals surface area contributed by atoms with E-state index in [1.54, 1.807) is 74.9 Å². The average Bonchev–Trinajstić information content (AvgIpc) is 1.51. The third kappa shape index (κ3) is 42.2. The fourth-order valence-corrected chi connectivity index (χ4v) is 13.3. The zero-order valence-corrected chi connectivity index (χ0v) is 75.6. The highest BCUT2D eigenvalue weighted by Gasteiger charge is 2.27. The van der Waals surface area contributed by atoms with Gasteiger partial charge in [-0.15, -0.1) is 22.7 Å². The molecule has 0 aliphatic carbocycles. The quantitative estimate of drug-likeness (QED) is 0.0299. The molecule has 38 heteroatoms. The zero-order valence-electron chi connectivity index (χ0n) is 74.0. The van der Waals surface area contributed by atoms with Crippen molar-refractivity contribution < 1.29 is 172 Å². The molecule has 716 valence electrons. The van der Waals surface area contributed by atoms with Crippen LogP contribution in [0.4, 0.5) is 0 Å². The molecule has 4 aromatic carbocycles. The molecule has 4 unspecified atom stereocenters. The lowest BCUT2D eigenvalue weighted by Gasteiger charge is -2.27. The molecular weight excluding hydrogens is 1710 g/mol. The first-order valence-electron chi connectivity index (χ1n) is 43.3. The predicted molar refractivity (Wildman–Crippen MR) is 466 cm³/mol. The van der Waals surface area contributed by atoms with E-state index >= 15 is 0 Å². The van der Waals surface area contributed by atoms with Crippen molar-refractivity contribution in [1.29, 1.82) is 0 Å². The molecule has 0 amide bonds. The Bertz CT molecular complexity index is 3750. The normalized spacial score (nSPS) is 13.2. The van der Waals surface area contributed by atoms with E-state index in [0.717, 1.165) is 13.0 Å². The summed E-state index contributed by atoms with van der Waals surface area (Å²) in [6.07, 6.45) is 0.429. The van der Waals surface area contributed by atoms with Gasteiger partial charge in [-0.1, -0.05) is 20.8 Å². The van der Waals surface area contributed by atoms with E-state index in [4.69, 9.17) is 161 Å². The topological polar surface area (TPSA) is 365 Å². The predicted octanol–water partition coefficient (Wildman–Crippen LogP) is 9.35. The van der Waals surface area contributed by atoms with Crippen LogP contribution in [0.5, 0.6) is 103 Å². The summed E-state index contributed by atoms with van der Waals surface area (Å²) >= 11 is 2.93. The summed E-state index contributed by atoms with van der Waals surface area (Å²) in [7, 11) is 3.15. The van der Waals surface area contributed by atoms with Crippen LogP contribution in [-0.4, -0.2) is 351 Å². The number of benzene rings is 4. The number of aliphatic hydroxyl groups excluding tert-OH is 3. The maximum absolute atomic E-state index is 9.46. The van der Waals surface area contributed by atoms with Crippen LogP contribution in [0.15, 0.2) is 82.2 Å². The fraction of sp³-hybridized carbons (Fsp3) is 0.640. The highest BCUT2D eigenvalue weighted by molar-refractivity contribution is 7.08. The second-order valence-electron chi connectivity index (χ2n) is 27.2. The lowest BCUT2D eigenvalue weighted by molar-refractivity contribution is -0.121. The maximum atomic E-state index is 9.46. The van der Waals surface area contributed by atoms with Crippen molar-refractivity contribution in [2.45, 2.75) is 64.4 Å². The molecule has 6 aromatic rings. The van der Waals surface area contributed by atoms with Crippen LogP contribution in [0.3, 0.4) is 0 Å². The van der Waals surface area contributed by atoms with Crippen molar-refractivity contribution in [3.05, 3.63) is 82.2 Å². The van der Waals surface area contributed by atoms with Crippen LogP contribution in [0, 0.1) is 0 Å². The van der Waals surface area contributed by atoms with E-state index in [2.05, 4.69) is 6.92 Å². The first-order chi connectivity index (χ1) is 62.8. The molecule has 0 radical (unpaired) electrons. The average molecular weight is 1840 g/mol. The van der Waals surface area contributed by atoms with E-state index in [1.807, 2.05) is 35.4 Å². The van der Waals surface area contributed by atoms with Gasteiger partial charge in [0.25, 0.3) is 0 Å². The fourth-order valence-electron chi connectivity index (χ4n) is 11.9. The van der Waals surface area contributed by atoms with Crippen molar-refractivity contribution >= 4 is 22.7 Å². The number of rotatable bonds is 82. The van der Waals surface area contributed by atoms with Gasteiger partial charge in [0.1, 0.15) is 129 Å². The zero-order chi connectivity index (χ0) is 89.3. The number of hydrogen-bond acceptors (Lipinski definition) is 38. The number of fused-ring (bicyclic) bond motifs is 2. The van der Waals surface area contributed by atoms with Crippen molar-refractivity contribution in [2.24, 2.45) is 0 Å². The van der Waals surface area contributed by atoms with Crippen LogP contribution in [-0.2, 0) is 71.1 Å². The van der Waals surface area contributed by atoms with Gasteiger partial charge in [0.15, 0.2) is 92.0 Å².